The minimum absolute atomic E-state index is 0.326. The summed E-state index contributed by atoms with van der Waals surface area (Å²) in [6.07, 6.45) is 1.66. The Kier molecular flexibility index (Phi) is 4.63. The number of amides is 2. The average molecular weight is 358 g/mol. The molecule has 3 rings (SSSR count). The van der Waals surface area contributed by atoms with Crippen LogP contribution in [-0.2, 0) is 0 Å². The van der Waals surface area contributed by atoms with E-state index in [1.165, 1.54) is 0 Å². The van der Waals surface area contributed by atoms with E-state index in [9.17, 15) is 4.79 Å². The van der Waals surface area contributed by atoms with Gasteiger partial charge in [0.2, 0.25) is 0 Å². The van der Waals surface area contributed by atoms with E-state index in [2.05, 4.69) is 10.3 Å². The van der Waals surface area contributed by atoms with Gasteiger partial charge in [0.1, 0.15) is 17.2 Å². The van der Waals surface area contributed by atoms with Gasteiger partial charge in [0.15, 0.2) is 0 Å². The maximum absolute atomic E-state index is 10.9. The summed E-state index contributed by atoms with van der Waals surface area (Å²) in [5, 5.41) is 3.63. The number of rotatable bonds is 4. The summed E-state index contributed by atoms with van der Waals surface area (Å²) in [4.78, 5) is 15.3. The van der Waals surface area contributed by atoms with Gasteiger partial charge in [-0.3, -0.25) is 4.98 Å². The lowest BCUT2D eigenvalue weighted by molar-refractivity contribution is 0.259. The number of methoxy groups -OCH3 is 1. The molecule has 1 heterocycles. The van der Waals surface area contributed by atoms with Crippen molar-refractivity contribution in [2.45, 2.75) is 6.92 Å². The fourth-order valence-electron chi connectivity index (χ4n) is 2.49. The molecule has 0 bridgehead atoms. The van der Waals surface area contributed by atoms with E-state index in [4.69, 9.17) is 26.8 Å². The molecular formula is C18H16ClN3O3. The monoisotopic (exact) mass is 357 g/mol. The summed E-state index contributed by atoms with van der Waals surface area (Å²) in [5.41, 5.74) is 7.26. The summed E-state index contributed by atoms with van der Waals surface area (Å²) in [5.74, 6) is 1.94. The van der Waals surface area contributed by atoms with E-state index in [1.54, 1.807) is 37.6 Å². The first-order chi connectivity index (χ1) is 12.0. The number of aryl methyl sites for hydroxylation is 1. The first-order valence-electron chi connectivity index (χ1n) is 7.45. The first kappa shape index (κ1) is 16.9. The number of primary amides is 1. The number of pyridine rings is 1. The Morgan fingerprint density at radius 3 is 2.68 bits per heavy atom. The molecule has 3 aromatic rings. The molecule has 3 N–H and O–H groups in total. The van der Waals surface area contributed by atoms with E-state index in [0.29, 0.717) is 22.2 Å². The molecule has 0 atom stereocenters. The van der Waals surface area contributed by atoms with Gasteiger partial charge in [0.05, 0.1) is 23.3 Å². The molecule has 7 heteroatoms. The number of nitrogens with two attached hydrogens (primary N) is 1. The van der Waals surface area contributed by atoms with Crippen LogP contribution in [0.4, 0.5) is 10.5 Å². The van der Waals surface area contributed by atoms with Crippen LogP contribution in [0, 0.1) is 6.92 Å². The van der Waals surface area contributed by atoms with Crippen molar-refractivity contribution in [1.29, 1.82) is 0 Å². The third-order valence-electron chi connectivity index (χ3n) is 3.64. The van der Waals surface area contributed by atoms with Crippen molar-refractivity contribution >= 4 is 34.2 Å². The second-order valence-corrected chi connectivity index (χ2v) is 5.79. The van der Waals surface area contributed by atoms with Crippen molar-refractivity contribution in [3.63, 3.8) is 0 Å². The lowest BCUT2D eigenvalue weighted by Gasteiger charge is -2.12. The fourth-order valence-corrected chi connectivity index (χ4v) is 2.70. The average Bonchev–Trinajstić information content (AvgIpc) is 2.57. The summed E-state index contributed by atoms with van der Waals surface area (Å²) >= 11 is 6.14. The van der Waals surface area contributed by atoms with Crippen LogP contribution in [0.25, 0.3) is 10.9 Å². The molecule has 0 unspecified atom stereocenters. The molecule has 0 aliphatic carbocycles. The van der Waals surface area contributed by atoms with E-state index in [-0.39, 0.29) is 0 Å². The molecule has 0 fully saturated rings. The summed E-state index contributed by atoms with van der Waals surface area (Å²) in [6.45, 7) is 1.95. The molecule has 0 aliphatic rings. The van der Waals surface area contributed by atoms with Crippen LogP contribution < -0.4 is 20.5 Å². The number of benzene rings is 2. The lowest BCUT2D eigenvalue weighted by Crippen LogP contribution is -2.19. The molecule has 0 radical (unpaired) electrons. The minimum atomic E-state index is -0.680. The minimum Gasteiger partial charge on any atom is -0.496 e. The predicted molar refractivity (Wildman–Crippen MR) is 97.8 cm³/mol. The second-order valence-electron chi connectivity index (χ2n) is 5.38. The SMILES string of the molecule is COc1cc2nccc(Oc3ccc(NC(N)=O)c(Cl)c3)c2cc1C. The number of hydrogen-bond donors (Lipinski definition) is 2. The summed E-state index contributed by atoms with van der Waals surface area (Å²) in [7, 11) is 1.62. The Labute approximate surface area is 149 Å². The fraction of sp³-hybridized carbons (Fsp3) is 0.111. The molecule has 2 amide bonds. The van der Waals surface area contributed by atoms with Gasteiger partial charge in [-0.2, -0.15) is 0 Å². The zero-order valence-corrected chi connectivity index (χ0v) is 14.4. The first-order valence-corrected chi connectivity index (χ1v) is 7.83. The van der Waals surface area contributed by atoms with Gasteiger partial charge >= 0.3 is 6.03 Å². The molecule has 1 aromatic heterocycles. The van der Waals surface area contributed by atoms with Crippen LogP contribution in [0.15, 0.2) is 42.6 Å². The number of nitrogens with one attached hydrogen (secondary N) is 1. The predicted octanol–water partition coefficient (Wildman–Crippen LogP) is 4.49. The Morgan fingerprint density at radius 1 is 1.20 bits per heavy atom. The van der Waals surface area contributed by atoms with Gasteiger partial charge in [-0.25, -0.2) is 4.79 Å². The van der Waals surface area contributed by atoms with Crippen molar-refractivity contribution in [3.05, 3.63) is 53.2 Å². The largest absolute Gasteiger partial charge is 0.496 e. The van der Waals surface area contributed by atoms with E-state index >= 15 is 0 Å². The van der Waals surface area contributed by atoms with Crippen molar-refractivity contribution in [3.8, 4) is 17.2 Å². The van der Waals surface area contributed by atoms with Crippen LogP contribution in [0.1, 0.15) is 5.56 Å². The van der Waals surface area contributed by atoms with Gasteiger partial charge in [0, 0.05) is 23.7 Å². The number of halogens is 1. The maximum atomic E-state index is 10.9. The van der Waals surface area contributed by atoms with Gasteiger partial charge in [-0.15, -0.1) is 0 Å². The summed E-state index contributed by atoms with van der Waals surface area (Å²) in [6, 6.07) is 9.85. The molecule has 25 heavy (non-hydrogen) atoms. The Hall–Kier alpha value is -2.99. The van der Waals surface area contributed by atoms with Crippen LogP contribution in [0.2, 0.25) is 5.02 Å². The number of fused-ring (bicyclic) bond motifs is 1. The number of ether oxygens (including phenoxy) is 2. The Morgan fingerprint density at radius 2 is 2.00 bits per heavy atom. The third-order valence-corrected chi connectivity index (χ3v) is 3.96. The van der Waals surface area contributed by atoms with Crippen LogP contribution in [0.3, 0.4) is 0 Å². The quantitative estimate of drug-likeness (QED) is 0.720. The molecule has 0 saturated carbocycles. The smallest absolute Gasteiger partial charge is 0.316 e. The van der Waals surface area contributed by atoms with Crippen molar-refractivity contribution in [2.24, 2.45) is 5.73 Å². The molecule has 2 aromatic carbocycles. The van der Waals surface area contributed by atoms with Gasteiger partial charge in [0.25, 0.3) is 0 Å². The number of urea groups is 1. The number of nitrogens with zero attached hydrogens (tertiary/aromatic N) is 1. The summed E-state index contributed by atoms with van der Waals surface area (Å²) < 4.78 is 11.3. The highest BCUT2D eigenvalue weighted by atomic mass is 35.5. The van der Waals surface area contributed by atoms with E-state index < -0.39 is 6.03 Å². The maximum Gasteiger partial charge on any atom is 0.316 e. The molecule has 0 saturated heterocycles. The number of carbonyl (C=O) groups is 1. The standard InChI is InChI=1S/C18H16ClN3O3/c1-10-7-12-15(9-17(10)24-2)21-6-5-16(12)25-11-3-4-14(13(19)8-11)22-18(20)23/h3-9H,1-2H3,(H3,20,22,23). The molecule has 6 nitrogen and oxygen atoms in total. The van der Waals surface area contributed by atoms with Crippen molar-refractivity contribution in [1.82, 2.24) is 4.98 Å². The normalized spacial score (nSPS) is 10.5. The third kappa shape index (κ3) is 3.59. The van der Waals surface area contributed by atoms with E-state index in [1.807, 2.05) is 19.1 Å². The zero-order valence-electron chi connectivity index (χ0n) is 13.7. The highest BCUT2D eigenvalue weighted by Gasteiger charge is 2.10. The number of aromatic nitrogens is 1. The van der Waals surface area contributed by atoms with Gasteiger partial charge < -0.3 is 20.5 Å². The van der Waals surface area contributed by atoms with Crippen LogP contribution in [-0.4, -0.2) is 18.1 Å². The topological polar surface area (TPSA) is 86.5 Å². The lowest BCUT2D eigenvalue weighted by atomic mass is 10.1. The van der Waals surface area contributed by atoms with E-state index in [0.717, 1.165) is 22.2 Å². The highest BCUT2D eigenvalue weighted by Crippen LogP contribution is 2.34. The van der Waals surface area contributed by atoms with Crippen LogP contribution >= 0.6 is 11.6 Å². The van der Waals surface area contributed by atoms with Gasteiger partial charge in [-0.1, -0.05) is 11.6 Å². The molecule has 0 aliphatic heterocycles. The van der Waals surface area contributed by atoms with Crippen molar-refractivity contribution in [2.75, 3.05) is 12.4 Å². The zero-order chi connectivity index (χ0) is 18.0. The molecular weight excluding hydrogens is 342 g/mol. The number of hydrogen-bond acceptors (Lipinski definition) is 4. The number of carbonyl (C=O) groups excluding carboxylic acids is 1. The second kappa shape index (κ2) is 6.86. The highest BCUT2D eigenvalue weighted by molar-refractivity contribution is 6.33. The number of anilines is 1. The molecule has 0 spiro atoms. The van der Waals surface area contributed by atoms with Crippen LogP contribution in [0.5, 0.6) is 17.2 Å². The van der Waals surface area contributed by atoms with Gasteiger partial charge in [-0.05, 0) is 36.8 Å². The van der Waals surface area contributed by atoms with Crippen molar-refractivity contribution < 1.29 is 14.3 Å². The molecule has 128 valence electrons. The Balaban J connectivity index is 1.96. The Bertz CT molecular complexity index is 960.